The van der Waals surface area contributed by atoms with Gasteiger partial charge in [0.2, 0.25) is 0 Å². The van der Waals surface area contributed by atoms with Gasteiger partial charge >= 0.3 is 0 Å². The van der Waals surface area contributed by atoms with Gasteiger partial charge in [-0.15, -0.1) is 6.42 Å². The van der Waals surface area contributed by atoms with Gasteiger partial charge in [0.15, 0.2) is 0 Å². The van der Waals surface area contributed by atoms with Crippen LogP contribution in [0.2, 0.25) is 0 Å². The SMILES string of the molecule is C#CC(CC)N1CC(C(C)CC)NCC1C(C)C. The molecule has 2 heteroatoms. The molecule has 0 amide bonds. The van der Waals surface area contributed by atoms with Crippen molar-refractivity contribution in [3.63, 3.8) is 0 Å². The second-order valence-electron chi connectivity index (χ2n) is 6.00. The number of terminal acetylenes is 1. The maximum absolute atomic E-state index is 5.72. The van der Waals surface area contributed by atoms with Crippen molar-refractivity contribution in [2.24, 2.45) is 11.8 Å². The number of nitrogens with one attached hydrogen (secondary N) is 1. The Morgan fingerprint density at radius 2 is 1.94 bits per heavy atom. The Morgan fingerprint density at radius 1 is 1.28 bits per heavy atom. The minimum Gasteiger partial charge on any atom is -0.311 e. The maximum Gasteiger partial charge on any atom is 0.0712 e. The normalized spacial score (nSPS) is 28.9. The van der Waals surface area contributed by atoms with Gasteiger partial charge in [0.25, 0.3) is 0 Å². The molecule has 4 atom stereocenters. The molecule has 1 rings (SSSR count). The Labute approximate surface area is 114 Å². The third kappa shape index (κ3) is 3.49. The highest BCUT2D eigenvalue weighted by molar-refractivity contribution is 5.04. The molecule has 1 heterocycles. The van der Waals surface area contributed by atoms with Crippen molar-refractivity contribution < 1.29 is 0 Å². The molecule has 0 aromatic heterocycles. The van der Waals surface area contributed by atoms with Crippen LogP contribution in [-0.2, 0) is 0 Å². The summed E-state index contributed by atoms with van der Waals surface area (Å²) in [5.41, 5.74) is 0. The molecule has 1 aliphatic rings. The topological polar surface area (TPSA) is 15.3 Å². The van der Waals surface area contributed by atoms with E-state index in [0.717, 1.165) is 25.4 Å². The Bertz CT molecular complexity index is 279. The van der Waals surface area contributed by atoms with E-state index >= 15 is 0 Å². The summed E-state index contributed by atoms with van der Waals surface area (Å²) in [6.07, 6.45) is 7.99. The van der Waals surface area contributed by atoms with E-state index in [4.69, 9.17) is 6.42 Å². The van der Waals surface area contributed by atoms with E-state index in [9.17, 15) is 0 Å². The number of rotatable bonds is 5. The summed E-state index contributed by atoms with van der Waals surface area (Å²) >= 11 is 0. The van der Waals surface area contributed by atoms with Crippen molar-refractivity contribution in [2.45, 2.75) is 65.6 Å². The van der Waals surface area contributed by atoms with E-state index < -0.39 is 0 Å². The van der Waals surface area contributed by atoms with Gasteiger partial charge in [0.1, 0.15) is 0 Å². The van der Waals surface area contributed by atoms with E-state index in [2.05, 4.69) is 50.8 Å². The van der Waals surface area contributed by atoms with E-state index in [1.54, 1.807) is 0 Å². The fourth-order valence-corrected chi connectivity index (χ4v) is 2.91. The minimum atomic E-state index is 0.297. The lowest BCUT2D eigenvalue weighted by Gasteiger charge is -2.46. The van der Waals surface area contributed by atoms with Crippen LogP contribution in [0.3, 0.4) is 0 Å². The second kappa shape index (κ2) is 7.16. The maximum atomic E-state index is 5.72. The summed E-state index contributed by atoms with van der Waals surface area (Å²) in [5, 5.41) is 3.72. The molecule has 1 aliphatic heterocycles. The zero-order valence-corrected chi connectivity index (χ0v) is 12.7. The fourth-order valence-electron chi connectivity index (χ4n) is 2.91. The highest BCUT2D eigenvalue weighted by Gasteiger charge is 2.34. The second-order valence-corrected chi connectivity index (χ2v) is 6.00. The first-order valence-electron chi connectivity index (χ1n) is 7.50. The Kier molecular flexibility index (Phi) is 6.18. The monoisotopic (exact) mass is 250 g/mol. The summed E-state index contributed by atoms with van der Waals surface area (Å²) in [6, 6.07) is 1.46. The first-order chi connectivity index (χ1) is 8.54. The molecule has 1 N–H and O–H groups in total. The highest BCUT2D eigenvalue weighted by atomic mass is 15.3. The minimum absolute atomic E-state index is 0.297. The highest BCUT2D eigenvalue weighted by Crippen LogP contribution is 2.22. The van der Waals surface area contributed by atoms with Crippen molar-refractivity contribution in [3.05, 3.63) is 0 Å². The molecule has 18 heavy (non-hydrogen) atoms. The number of hydrogen-bond acceptors (Lipinski definition) is 2. The van der Waals surface area contributed by atoms with Gasteiger partial charge in [-0.25, -0.2) is 0 Å². The van der Waals surface area contributed by atoms with Gasteiger partial charge in [-0.05, 0) is 18.3 Å². The van der Waals surface area contributed by atoms with E-state index in [1.807, 2.05) is 0 Å². The summed E-state index contributed by atoms with van der Waals surface area (Å²) in [5.74, 6) is 4.35. The summed E-state index contributed by atoms with van der Waals surface area (Å²) in [6.45, 7) is 13.6. The smallest absolute Gasteiger partial charge is 0.0712 e. The third-order valence-corrected chi connectivity index (χ3v) is 4.50. The van der Waals surface area contributed by atoms with E-state index in [1.165, 1.54) is 6.42 Å². The molecule has 1 fully saturated rings. The molecule has 0 bridgehead atoms. The van der Waals surface area contributed by atoms with Crippen LogP contribution in [0.5, 0.6) is 0 Å². The van der Waals surface area contributed by atoms with Crippen molar-refractivity contribution in [2.75, 3.05) is 13.1 Å². The Morgan fingerprint density at radius 3 is 2.39 bits per heavy atom. The van der Waals surface area contributed by atoms with Gasteiger partial charge in [-0.1, -0.05) is 47.0 Å². The zero-order chi connectivity index (χ0) is 13.7. The predicted octanol–water partition coefficient (Wildman–Crippen LogP) is 2.74. The largest absolute Gasteiger partial charge is 0.311 e. The molecule has 1 saturated heterocycles. The van der Waals surface area contributed by atoms with Crippen LogP contribution in [0, 0.1) is 24.2 Å². The molecule has 0 saturated carbocycles. The van der Waals surface area contributed by atoms with Crippen LogP contribution < -0.4 is 5.32 Å². The number of nitrogens with zero attached hydrogens (tertiary/aromatic N) is 1. The van der Waals surface area contributed by atoms with Gasteiger partial charge in [0, 0.05) is 25.2 Å². The molecule has 0 radical (unpaired) electrons. The van der Waals surface area contributed by atoms with Crippen LogP contribution in [0.4, 0.5) is 0 Å². The molecular formula is C16H30N2. The lowest BCUT2D eigenvalue weighted by atomic mass is 9.90. The van der Waals surface area contributed by atoms with Crippen LogP contribution in [0.25, 0.3) is 0 Å². The third-order valence-electron chi connectivity index (χ3n) is 4.50. The molecule has 0 aromatic carbocycles. The Hall–Kier alpha value is -0.520. The molecule has 4 unspecified atom stereocenters. The van der Waals surface area contributed by atoms with Crippen LogP contribution in [0.15, 0.2) is 0 Å². The quantitative estimate of drug-likeness (QED) is 0.755. The molecule has 0 aliphatic carbocycles. The first-order valence-corrected chi connectivity index (χ1v) is 7.50. The number of hydrogen-bond donors (Lipinski definition) is 1. The van der Waals surface area contributed by atoms with Gasteiger partial charge < -0.3 is 5.32 Å². The molecule has 0 spiro atoms. The summed E-state index contributed by atoms with van der Waals surface area (Å²) in [7, 11) is 0. The van der Waals surface area contributed by atoms with Gasteiger partial charge in [0.05, 0.1) is 6.04 Å². The Balaban J connectivity index is 2.79. The fraction of sp³-hybridized carbons (Fsp3) is 0.875. The lowest BCUT2D eigenvalue weighted by molar-refractivity contribution is 0.0608. The summed E-state index contributed by atoms with van der Waals surface area (Å²) in [4.78, 5) is 2.57. The average Bonchev–Trinajstić information content (AvgIpc) is 2.38. The van der Waals surface area contributed by atoms with E-state index in [0.29, 0.717) is 24.0 Å². The van der Waals surface area contributed by atoms with Gasteiger partial charge in [-0.3, -0.25) is 4.90 Å². The standard InChI is InChI=1S/C16H30N2/c1-7-13(6)15-11-18(14(8-2)9-3)16(10-17-15)12(4)5/h2,12-17H,7,9-11H2,1,3-6H3. The van der Waals surface area contributed by atoms with Crippen LogP contribution in [-0.4, -0.2) is 36.1 Å². The lowest BCUT2D eigenvalue weighted by Crippen LogP contribution is -2.62. The van der Waals surface area contributed by atoms with Gasteiger partial charge in [-0.2, -0.15) is 0 Å². The molecule has 2 nitrogen and oxygen atoms in total. The predicted molar refractivity (Wildman–Crippen MR) is 79.5 cm³/mol. The van der Waals surface area contributed by atoms with Crippen LogP contribution in [0.1, 0.15) is 47.5 Å². The first kappa shape index (κ1) is 15.5. The van der Waals surface area contributed by atoms with E-state index in [-0.39, 0.29) is 0 Å². The van der Waals surface area contributed by atoms with Crippen molar-refractivity contribution >= 4 is 0 Å². The summed E-state index contributed by atoms with van der Waals surface area (Å²) < 4.78 is 0. The number of piperazine rings is 1. The van der Waals surface area contributed by atoms with Crippen LogP contribution >= 0.6 is 0 Å². The van der Waals surface area contributed by atoms with Crippen molar-refractivity contribution in [1.29, 1.82) is 0 Å². The molecular weight excluding hydrogens is 220 g/mol. The zero-order valence-electron chi connectivity index (χ0n) is 12.7. The molecule has 104 valence electrons. The average molecular weight is 250 g/mol. The van der Waals surface area contributed by atoms with Crippen molar-refractivity contribution in [1.82, 2.24) is 10.2 Å². The van der Waals surface area contributed by atoms with Crippen molar-refractivity contribution in [3.8, 4) is 12.3 Å². The molecule has 0 aromatic rings.